The van der Waals surface area contributed by atoms with Gasteiger partial charge in [-0.25, -0.2) is 0 Å². The first-order valence-electron chi connectivity index (χ1n) is 8.00. The van der Waals surface area contributed by atoms with Crippen molar-refractivity contribution in [2.75, 3.05) is 5.32 Å². The maximum absolute atomic E-state index is 12.6. The molecule has 9 heteroatoms. The van der Waals surface area contributed by atoms with Gasteiger partial charge in [0.25, 0.3) is 0 Å². The molecule has 140 valence electrons. The van der Waals surface area contributed by atoms with E-state index in [2.05, 4.69) is 22.1 Å². The fourth-order valence-electron chi connectivity index (χ4n) is 2.30. The number of thioether (sulfide) groups is 1. The zero-order valence-electron chi connectivity index (χ0n) is 14.4. The van der Waals surface area contributed by atoms with Crippen molar-refractivity contribution < 1.29 is 4.79 Å². The average Bonchev–Trinajstić information content (AvgIpc) is 3.30. The van der Waals surface area contributed by atoms with Crippen LogP contribution in [0.1, 0.15) is 6.92 Å². The van der Waals surface area contributed by atoms with Gasteiger partial charge >= 0.3 is 0 Å². The Morgan fingerprint density at radius 1 is 1.37 bits per heavy atom. The highest BCUT2D eigenvalue weighted by Gasteiger charge is 2.21. The van der Waals surface area contributed by atoms with Gasteiger partial charge in [0.15, 0.2) is 11.0 Å². The van der Waals surface area contributed by atoms with Gasteiger partial charge in [-0.1, -0.05) is 53.2 Å². The molecule has 0 radical (unpaired) electrons. The molecule has 0 fully saturated rings. The number of rotatable bonds is 7. The second kappa shape index (κ2) is 8.93. The third-order valence-electron chi connectivity index (χ3n) is 3.63. The molecule has 1 unspecified atom stereocenters. The summed E-state index contributed by atoms with van der Waals surface area (Å²) in [4.78, 5) is 13.6. The van der Waals surface area contributed by atoms with Gasteiger partial charge in [0.05, 0.1) is 25.9 Å². The molecule has 5 nitrogen and oxygen atoms in total. The van der Waals surface area contributed by atoms with Gasteiger partial charge in [-0.05, 0) is 30.5 Å². The van der Waals surface area contributed by atoms with Crippen molar-refractivity contribution in [2.24, 2.45) is 0 Å². The first-order chi connectivity index (χ1) is 13.0. The number of nitrogens with one attached hydrogen (secondary N) is 1. The Kier molecular flexibility index (Phi) is 6.59. The van der Waals surface area contributed by atoms with Crippen molar-refractivity contribution >= 4 is 57.9 Å². The standard InChI is InChI=1S/C18H16Cl2N4OS2/c1-3-9-24-16(14-8-5-10-26-14)22-23-18(24)27-11(2)17(25)21-13-7-4-6-12(19)15(13)20/h3-8,10-11H,1,9H2,2H3,(H,21,25). The summed E-state index contributed by atoms with van der Waals surface area (Å²) in [5.74, 6) is 0.563. The van der Waals surface area contributed by atoms with Crippen LogP contribution < -0.4 is 5.32 Å². The number of carbonyl (C=O) groups is 1. The normalized spacial score (nSPS) is 12.0. The molecule has 0 saturated heterocycles. The molecule has 1 amide bonds. The molecule has 3 aromatic rings. The Morgan fingerprint density at radius 3 is 2.89 bits per heavy atom. The van der Waals surface area contributed by atoms with Gasteiger partial charge in [0.2, 0.25) is 5.91 Å². The number of nitrogens with zero attached hydrogens (tertiary/aromatic N) is 3. The van der Waals surface area contributed by atoms with Crippen LogP contribution in [0, 0.1) is 0 Å². The molecule has 27 heavy (non-hydrogen) atoms. The lowest BCUT2D eigenvalue weighted by atomic mass is 10.3. The predicted octanol–water partition coefficient (Wildman–Crippen LogP) is 5.62. The summed E-state index contributed by atoms with van der Waals surface area (Å²) in [5, 5.41) is 14.3. The van der Waals surface area contributed by atoms with Crippen LogP contribution in [0.5, 0.6) is 0 Å². The van der Waals surface area contributed by atoms with E-state index in [1.807, 2.05) is 22.1 Å². The zero-order chi connectivity index (χ0) is 19.4. The molecule has 3 rings (SSSR count). The Balaban J connectivity index is 1.77. The maximum atomic E-state index is 12.6. The molecule has 0 saturated carbocycles. The van der Waals surface area contributed by atoms with Gasteiger partial charge in [0.1, 0.15) is 0 Å². The molecule has 1 atom stereocenters. The molecule has 0 aliphatic rings. The van der Waals surface area contributed by atoms with Crippen LogP contribution in [-0.2, 0) is 11.3 Å². The summed E-state index contributed by atoms with van der Waals surface area (Å²) in [7, 11) is 0. The maximum Gasteiger partial charge on any atom is 0.237 e. The minimum absolute atomic E-state index is 0.199. The fourth-order valence-corrected chi connectivity index (χ4v) is 4.23. The number of allylic oxidation sites excluding steroid dienone is 1. The number of halogens is 2. The molecule has 0 bridgehead atoms. The highest BCUT2D eigenvalue weighted by molar-refractivity contribution is 8.00. The predicted molar refractivity (Wildman–Crippen MR) is 114 cm³/mol. The Hall–Kier alpha value is -1.80. The lowest BCUT2D eigenvalue weighted by molar-refractivity contribution is -0.115. The van der Waals surface area contributed by atoms with Crippen LogP contribution in [0.25, 0.3) is 10.7 Å². The van der Waals surface area contributed by atoms with Crippen molar-refractivity contribution in [1.29, 1.82) is 0 Å². The van der Waals surface area contributed by atoms with E-state index in [1.54, 1.807) is 42.5 Å². The summed E-state index contributed by atoms with van der Waals surface area (Å²) in [6.45, 7) is 6.15. The van der Waals surface area contributed by atoms with Gasteiger partial charge in [-0.15, -0.1) is 28.1 Å². The number of benzene rings is 1. The van der Waals surface area contributed by atoms with E-state index in [9.17, 15) is 4.79 Å². The van der Waals surface area contributed by atoms with E-state index < -0.39 is 5.25 Å². The van der Waals surface area contributed by atoms with Crippen LogP contribution in [-0.4, -0.2) is 25.9 Å². The average molecular weight is 439 g/mol. The molecular formula is C18H16Cl2N4OS2. The number of hydrogen-bond acceptors (Lipinski definition) is 5. The monoisotopic (exact) mass is 438 g/mol. The van der Waals surface area contributed by atoms with Crippen molar-refractivity contribution in [3.05, 3.63) is 58.4 Å². The van der Waals surface area contributed by atoms with Crippen LogP contribution in [0.15, 0.2) is 53.5 Å². The third kappa shape index (κ3) is 4.55. The fraction of sp³-hybridized carbons (Fsp3) is 0.167. The van der Waals surface area contributed by atoms with Gasteiger partial charge in [-0.3, -0.25) is 9.36 Å². The zero-order valence-corrected chi connectivity index (χ0v) is 17.5. The smallest absolute Gasteiger partial charge is 0.237 e. The molecular weight excluding hydrogens is 423 g/mol. The highest BCUT2D eigenvalue weighted by atomic mass is 35.5. The minimum Gasteiger partial charge on any atom is -0.324 e. The van der Waals surface area contributed by atoms with Crippen molar-refractivity contribution in [3.8, 4) is 10.7 Å². The molecule has 2 heterocycles. The minimum atomic E-state index is -0.413. The topological polar surface area (TPSA) is 59.8 Å². The summed E-state index contributed by atoms with van der Waals surface area (Å²) in [5.41, 5.74) is 0.480. The first-order valence-corrected chi connectivity index (χ1v) is 10.5. The number of hydrogen-bond donors (Lipinski definition) is 1. The second-order valence-electron chi connectivity index (χ2n) is 5.53. The second-order valence-corrected chi connectivity index (χ2v) is 8.57. The summed E-state index contributed by atoms with van der Waals surface area (Å²) in [6, 6.07) is 9.06. The van der Waals surface area contributed by atoms with Crippen molar-refractivity contribution in [3.63, 3.8) is 0 Å². The van der Waals surface area contributed by atoms with E-state index in [4.69, 9.17) is 23.2 Å². The van der Waals surface area contributed by atoms with E-state index in [0.29, 0.717) is 27.4 Å². The molecule has 0 aliphatic heterocycles. The van der Waals surface area contributed by atoms with Crippen LogP contribution in [0.4, 0.5) is 5.69 Å². The van der Waals surface area contributed by atoms with Crippen LogP contribution in [0.3, 0.4) is 0 Å². The van der Waals surface area contributed by atoms with Gasteiger partial charge < -0.3 is 5.32 Å². The molecule has 0 aliphatic carbocycles. The number of anilines is 1. The Morgan fingerprint density at radius 2 is 2.19 bits per heavy atom. The number of carbonyl (C=O) groups excluding carboxylic acids is 1. The summed E-state index contributed by atoms with van der Waals surface area (Å²) < 4.78 is 1.94. The number of aromatic nitrogens is 3. The van der Waals surface area contributed by atoms with Crippen molar-refractivity contribution in [1.82, 2.24) is 14.8 Å². The lowest BCUT2D eigenvalue weighted by Crippen LogP contribution is -2.23. The van der Waals surface area contributed by atoms with E-state index in [0.717, 1.165) is 10.7 Å². The lowest BCUT2D eigenvalue weighted by Gasteiger charge is -2.13. The number of amides is 1. The molecule has 0 spiro atoms. The third-order valence-corrected chi connectivity index (χ3v) is 6.40. The summed E-state index contributed by atoms with van der Waals surface area (Å²) in [6.07, 6.45) is 1.78. The van der Waals surface area contributed by atoms with Gasteiger partial charge in [-0.2, -0.15) is 0 Å². The van der Waals surface area contributed by atoms with E-state index in [1.165, 1.54) is 11.8 Å². The Labute approximate surface area is 175 Å². The molecule has 1 N–H and O–H groups in total. The van der Waals surface area contributed by atoms with Crippen LogP contribution in [0.2, 0.25) is 10.0 Å². The Bertz CT molecular complexity index is 956. The molecule has 1 aromatic carbocycles. The first kappa shape index (κ1) is 19.9. The van der Waals surface area contributed by atoms with E-state index >= 15 is 0 Å². The van der Waals surface area contributed by atoms with Crippen molar-refractivity contribution in [2.45, 2.75) is 23.9 Å². The quantitative estimate of drug-likeness (QED) is 0.384. The van der Waals surface area contributed by atoms with Crippen LogP contribution >= 0.6 is 46.3 Å². The largest absolute Gasteiger partial charge is 0.324 e. The van der Waals surface area contributed by atoms with E-state index in [-0.39, 0.29) is 5.91 Å². The SMILES string of the molecule is C=CCn1c(SC(C)C(=O)Nc2cccc(Cl)c2Cl)nnc1-c1cccs1. The molecule has 2 aromatic heterocycles. The highest BCUT2D eigenvalue weighted by Crippen LogP contribution is 2.32. The summed E-state index contributed by atoms with van der Waals surface area (Å²) >= 11 is 15.0. The number of thiophene rings is 1. The van der Waals surface area contributed by atoms with Gasteiger partial charge in [0, 0.05) is 6.54 Å².